The van der Waals surface area contributed by atoms with Crippen LogP contribution in [0.1, 0.15) is 80.9 Å². The summed E-state index contributed by atoms with van der Waals surface area (Å²) in [5, 5.41) is 11.2. The zero-order chi connectivity index (χ0) is 29.8. The number of carbonyl (C=O) groups excluding carboxylic acids is 2. The number of alkyl halides is 2. The van der Waals surface area contributed by atoms with Crippen molar-refractivity contribution in [1.82, 2.24) is 9.47 Å². The van der Waals surface area contributed by atoms with Crippen molar-refractivity contribution in [3.63, 3.8) is 0 Å². The molecule has 1 fully saturated rings. The Hall–Kier alpha value is -2.77. The minimum absolute atomic E-state index is 0.0425. The van der Waals surface area contributed by atoms with Crippen LogP contribution in [0.2, 0.25) is 5.02 Å². The number of aryl methyl sites for hydroxylation is 1. The first kappa shape index (κ1) is 34.3. The first-order valence-electron chi connectivity index (χ1n) is 13.6. The van der Waals surface area contributed by atoms with Crippen LogP contribution in [0, 0.1) is 12.8 Å². The van der Waals surface area contributed by atoms with E-state index < -0.39 is 5.92 Å². The Kier molecular flexibility index (Phi) is 14.4. The van der Waals surface area contributed by atoms with Gasteiger partial charge in [-0.05, 0) is 81.7 Å². The maximum absolute atomic E-state index is 13.6. The molecular formula is C31H43ClF2N2O3. The summed E-state index contributed by atoms with van der Waals surface area (Å²) in [4.78, 5) is 23.5. The molecule has 0 atom stereocenters. The fourth-order valence-corrected chi connectivity index (χ4v) is 4.65. The number of hydrogen-bond donors (Lipinski definition) is 1. The molecule has 0 saturated carbocycles. The largest absolute Gasteiger partial charge is 0.507 e. The van der Waals surface area contributed by atoms with Crippen LogP contribution >= 0.6 is 11.6 Å². The number of nitrogens with zero attached hydrogens (tertiary/aromatic N) is 2. The van der Waals surface area contributed by atoms with Gasteiger partial charge >= 0.3 is 0 Å². The third-order valence-corrected chi connectivity index (χ3v) is 6.89. The molecule has 8 heteroatoms. The quantitative estimate of drug-likeness (QED) is 0.306. The van der Waals surface area contributed by atoms with Gasteiger partial charge in [-0.1, -0.05) is 39.3 Å². The van der Waals surface area contributed by atoms with Gasteiger partial charge in [-0.2, -0.15) is 0 Å². The molecule has 0 aliphatic carbocycles. The van der Waals surface area contributed by atoms with Gasteiger partial charge in [0.2, 0.25) is 0 Å². The first-order chi connectivity index (χ1) is 18.5. The van der Waals surface area contributed by atoms with Crippen molar-refractivity contribution in [3.8, 4) is 5.75 Å². The Balaban J connectivity index is 0.000000454. The Labute approximate surface area is 236 Å². The second-order valence-corrected chi connectivity index (χ2v) is 9.70. The third kappa shape index (κ3) is 9.43. The third-order valence-electron chi connectivity index (χ3n) is 6.54. The van der Waals surface area contributed by atoms with E-state index >= 15 is 0 Å². The number of aromatic hydroxyl groups is 1. The van der Waals surface area contributed by atoms with Gasteiger partial charge in [0, 0.05) is 41.1 Å². The van der Waals surface area contributed by atoms with Gasteiger partial charge < -0.3 is 19.4 Å². The molecule has 1 N–H and O–H groups in total. The monoisotopic (exact) mass is 564 g/mol. The van der Waals surface area contributed by atoms with E-state index in [1.807, 2.05) is 32.3 Å². The number of carbonyl (C=O) groups is 2. The van der Waals surface area contributed by atoms with Crippen molar-refractivity contribution in [1.29, 1.82) is 0 Å². The minimum Gasteiger partial charge on any atom is -0.507 e. The molecule has 216 valence electrons. The van der Waals surface area contributed by atoms with Crippen molar-refractivity contribution in [3.05, 3.63) is 63.8 Å². The molecule has 0 bridgehead atoms. The molecule has 2 aromatic carbocycles. The fraction of sp³-hybridized carbons (Fsp3) is 0.484. The normalized spacial score (nSPS) is 13.8. The first-order valence-corrected chi connectivity index (χ1v) is 14.0. The van der Waals surface area contributed by atoms with Gasteiger partial charge in [0.05, 0.1) is 17.6 Å². The van der Waals surface area contributed by atoms with E-state index in [0.29, 0.717) is 33.7 Å². The maximum atomic E-state index is 13.6. The van der Waals surface area contributed by atoms with Crippen molar-refractivity contribution >= 4 is 35.1 Å². The van der Waals surface area contributed by atoms with E-state index in [1.165, 1.54) is 44.1 Å². The van der Waals surface area contributed by atoms with Gasteiger partial charge in [-0.3, -0.25) is 4.79 Å². The highest BCUT2D eigenvalue weighted by atomic mass is 35.5. The van der Waals surface area contributed by atoms with Gasteiger partial charge in [-0.15, -0.1) is 0 Å². The summed E-state index contributed by atoms with van der Waals surface area (Å²) in [6.07, 6.45) is 6.54. The molecule has 3 aromatic rings. The molecule has 39 heavy (non-hydrogen) atoms. The Bertz CT molecular complexity index is 1200. The summed E-state index contributed by atoms with van der Waals surface area (Å²) in [5.74, 6) is -2.41. The molecule has 1 aromatic heterocycles. The van der Waals surface area contributed by atoms with Gasteiger partial charge in [0.25, 0.3) is 5.92 Å². The van der Waals surface area contributed by atoms with Crippen LogP contribution in [0.3, 0.4) is 0 Å². The molecule has 5 nitrogen and oxygen atoms in total. The standard InChI is InChI=1S/C19H16ClF2NO2.C8H15NO.2C2H6/c1-11-7-14(19(2,21)22)8-12-5-6-23(17(11)12)9-15-16(20)4-3-13(10-24)18(15)25;1-9-5-2-8(3-6-9)4-7-10;2*1-2/h3-8,10,25H,9H2,1-2H3;7-8H,2-6H2,1H3;2*1-2H3. The lowest BCUT2D eigenvalue weighted by Crippen LogP contribution is -2.30. The minimum atomic E-state index is -2.92. The number of phenolic OH excluding ortho intramolecular Hbond substituents is 1. The number of piperidine rings is 1. The summed E-state index contributed by atoms with van der Waals surface area (Å²) in [6, 6.07) is 7.66. The van der Waals surface area contributed by atoms with Crippen molar-refractivity contribution in [2.75, 3.05) is 20.1 Å². The summed E-state index contributed by atoms with van der Waals surface area (Å²) in [5.41, 5.74) is 1.99. The Morgan fingerprint density at radius 3 is 2.23 bits per heavy atom. The lowest BCUT2D eigenvalue weighted by Gasteiger charge is -2.27. The van der Waals surface area contributed by atoms with Crippen LogP contribution in [0.15, 0.2) is 36.5 Å². The maximum Gasteiger partial charge on any atom is 0.270 e. The number of phenols is 1. The van der Waals surface area contributed by atoms with Crippen molar-refractivity contribution in [2.45, 2.75) is 73.3 Å². The van der Waals surface area contributed by atoms with Crippen molar-refractivity contribution in [2.24, 2.45) is 5.92 Å². The van der Waals surface area contributed by atoms with E-state index in [1.54, 1.807) is 25.3 Å². The van der Waals surface area contributed by atoms with Gasteiger partial charge in [-0.25, -0.2) is 8.78 Å². The Morgan fingerprint density at radius 1 is 1.08 bits per heavy atom. The number of likely N-dealkylation sites (tertiary alicyclic amines) is 1. The van der Waals surface area contributed by atoms with Gasteiger partial charge in [0.15, 0.2) is 6.29 Å². The smallest absolute Gasteiger partial charge is 0.270 e. The van der Waals surface area contributed by atoms with Crippen LogP contribution in [0.5, 0.6) is 5.75 Å². The zero-order valence-corrected chi connectivity index (χ0v) is 25.0. The number of hydrogen-bond acceptors (Lipinski definition) is 4. The lowest BCUT2D eigenvalue weighted by atomic mass is 9.95. The second kappa shape index (κ2) is 16.4. The Morgan fingerprint density at radius 2 is 1.69 bits per heavy atom. The molecule has 4 rings (SSSR count). The topological polar surface area (TPSA) is 62.5 Å². The number of benzene rings is 2. The number of halogens is 3. The fourth-order valence-electron chi connectivity index (χ4n) is 4.44. The van der Waals surface area contributed by atoms with E-state index in [9.17, 15) is 23.5 Å². The summed E-state index contributed by atoms with van der Waals surface area (Å²) in [7, 11) is 2.14. The number of aromatic nitrogens is 1. The summed E-state index contributed by atoms with van der Waals surface area (Å²) < 4.78 is 29.0. The number of rotatable bonds is 6. The molecule has 2 heterocycles. The van der Waals surface area contributed by atoms with E-state index in [0.717, 1.165) is 25.1 Å². The van der Waals surface area contributed by atoms with Crippen LogP contribution < -0.4 is 0 Å². The average molecular weight is 565 g/mol. The zero-order valence-electron chi connectivity index (χ0n) is 24.2. The molecule has 0 unspecified atom stereocenters. The molecule has 1 aliphatic rings. The highest BCUT2D eigenvalue weighted by Crippen LogP contribution is 2.34. The molecular weight excluding hydrogens is 522 g/mol. The van der Waals surface area contributed by atoms with Crippen LogP contribution in [-0.4, -0.2) is 47.3 Å². The van der Waals surface area contributed by atoms with E-state index in [2.05, 4.69) is 11.9 Å². The van der Waals surface area contributed by atoms with Crippen molar-refractivity contribution < 1.29 is 23.5 Å². The van der Waals surface area contributed by atoms with E-state index in [-0.39, 0.29) is 23.4 Å². The predicted molar refractivity (Wildman–Crippen MR) is 157 cm³/mol. The van der Waals surface area contributed by atoms with Crippen LogP contribution in [-0.2, 0) is 17.3 Å². The summed E-state index contributed by atoms with van der Waals surface area (Å²) >= 11 is 6.16. The summed E-state index contributed by atoms with van der Waals surface area (Å²) in [6.45, 7) is 13.2. The second-order valence-electron chi connectivity index (χ2n) is 9.29. The average Bonchev–Trinajstić information content (AvgIpc) is 3.34. The van der Waals surface area contributed by atoms with Gasteiger partial charge in [0.1, 0.15) is 12.0 Å². The predicted octanol–water partition coefficient (Wildman–Crippen LogP) is 8.25. The molecule has 0 radical (unpaired) electrons. The molecule has 0 amide bonds. The highest BCUT2D eigenvalue weighted by molar-refractivity contribution is 6.31. The SMILES string of the molecule is CC.CC.CN1CCC(CC=O)CC1.Cc1cc(C(C)(F)F)cc2ccn(Cc3c(Cl)ccc(C=O)c3O)c12. The number of fused-ring (bicyclic) bond motifs is 1. The molecule has 1 aliphatic heterocycles. The van der Waals surface area contributed by atoms with Crippen LogP contribution in [0.4, 0.5) is 8.78 Å². The lowest BCUT2D eigenvalue weighted by molar-refractivity contribution is -0.108. The number of aldehydes is 2. The van der Waals surface area contributed by atoms with E-state index in [4.69, 9.17) is 11.6 Å². The molecule has 0 spiro atoms. The van der Waals surface area contributed by atoms with Crippen LogP contribution in [0.25, 0.3) is 10.9 Å². The highest BCUT2D eigenvalue weighted by Gasteiger charge is 2.25. The molecule has 1 saturated heterocycles.